The molecule has 0 aromatic heterocycles. The van der Waals surface area contributed by atoms with Crippen molar-refractivity contribution >= 4 is 11.8 Å². The van der Waals surface area contributed by atoms with Gasteiger partial charge in [0.2, 0.25) is 0 Å². The lowest BCUT2D eigenvalue weighted by molar-refractivity contribution is 0.117. The van der Waals surface area contributed by atoms with Crippen molar-refractivity contribution in [2.24, 2.45) is 0 Å². The number of nitrogens with zero attached hydrogens (tertiary/aromatic N) is 1. The van der Waals surface area contributed by atoms with Crippen molar-refractivity contribution in [2.45, 2.75) is 12.6 Å². The van der Waals surface area contributed by atoms with E-state index in [0.29, 0.717) is 6.04 Å². The highest BCUT2D eigenvalue weighted by atomic mass is 32.2. The van der Waals surface area contributed by atoms with Crippen LogP contribution in [-0.4, -0.2) is 36.3 Å². The second kappa shape index (κ2) is 5.54. The van der Waals surface area contributed by atoms with Crippen LogP contribution in [0.4, 0.5) is 0 Å². The van der Waals surface area contributed by atoms with Gasteiger partial charge in [-0.1, -0.05) is 30.3 Å². The number of rotatable bonds is 4. The van der Waals surface area contributed by atoms with E-state index in [1.807, 2.05) is 11.8 Å². The predicted octanol–water partition coefficient (Wildman–Crippen LogP) is 2.21. The van der Waals surface area contributed by atoms with E-state index in [9.17, 15) is 0 Å². The molecule has 1 aliphatic heterocycles. The fourth-order valence-electron chi connectivity index (χ4n) is 1.86. The first-order valence-electron chi connectivity index (χ1n) is 5.25. The molecular weight excluding hydrogens is 206 g/mol. The second-order valence-electron chi connectivity index (χ2n) is 3.84. The molecule has 0 spiro atoms. The van der Waals surface area contributed by atoms with E-state index in [2.05, 4.69) is 35.2 Å². The standard InChI is InChI=1S/C12H17NOS/c1-14-8-12-9-15-10-13(12)7-11-5-3-2-4-6-11/h2-6,12H,7-10H2,1H3/t12-/m1/s1. The zero-order chi connectivity index (χ0) is 10.5. The van der Waals surface area contributed by atoms with E-state index in [1.165, 1.54) is 11.3 Å². The maximum atomic E-state index is 5.24. The molecule has 3 heteroatoms. The van der Waals surface area contributed by atoms with Gasteiger partial charge in [0.1, 0.15) is 0 Å². The van der Waals surface area contributed by atoms with Crippen molar-refractivity contribution in [3.05, 3.63) is 35.9 Å². The Labute approximate surface area is 95.6 Å². The van der Waals surface area contributed by atoms with Gasteiger partial charge in [0.15, 0.2) is 0 Å². The number of thioether (sulfide) groups is 1. The smallest absolute Gasteiger partial charge is 0.0626 e. The Morgan fingerprint density at radius 3 is 2.93 bits per heavy atom. The molecule has 15 heavy (non-hydrogen) atoms. The Morgan fingerprint density at radius 2 is 2.20 bits per heavy atom. The molecule has 1 saturated heterocycles. The largest absolute Gasteiger partial charge is 0.383 e. The Kier molecular flexibility index (Phi) is 4.06. The molecule has 1 aromatic rings. The lowest BCUT2D eigenvalue weighted by atomic mass is 10.2. The van der Waals surface area contributed by atoms with Gasteiger partial charge >= 0.3 is 0 Å². The van der Waals surface area contributed by atoms with Crippen LogP contribution in [0.25, 0.3) is 0 Å². The third-order valence-corrected chi connectivity index (χ3v) is 3.81. The first-order valence-corrected chi connectivity index (χ1v) is 6.40. The highest BCUT2D eigenvalue weighted by Gasteiger charge is 2.24. The van der Waals surface area contributed by atoms with Crippen molar-refractivity contribution in [3.8, 4) is 0 Å². The summed E-state index contributed by atoms with van der Waals surface area (Å²) in [6.45, 7) is 1.89. The van der Waals surface area contributed by atoms with Crippen molar-refractivity contribution < 1.29 is 4.74 Å². The minimum absolute atomic E-state index is 0.584. The molecule has 1 fully saturated rings. The number of ether oxygens (including phenoxy) is 1. The van der Waals surface area contributed by atoms with Gasteiger partial charge in [0, 0.05) is 31.3 Å². The fraction of sp³-hybridized carbons (Fsp3) is 0.500. The molecule has 2 nitrogen and oxygen atoms in total. The summed E-state index contributed by atoms with van der Waals surface area (Å²) in [4.78, 5) is 2.49. The van der Waals surface area contributed by atoms with E-state index >= 15 is 0 Å². The second-order valence-corrected chi connectivity index (χ2v) is 4.84. The van der Waals surface area contributed by atoms with Gasteiger partial charge < -0.3 is 4.74 Å². The summed E-state index contributed by atoms with van der Waals surface area (Å²) >= 11 is 2.00. The summed E-state index contributed by atoms with van der Waals surface area (Å²) in [6.07, 6.45) is 0. The van der Waals surface area contributed by atoms with E-state index in [0.717, 1.165) is 19.0 Å². The summed E-state index contributed by atoms with van der Waals surface area (Å²) in [6, 6.07) is 11.2. The molecule has 0 radical (unpaired) electrons. The Morgan fingerprint density at radius 1 is 1.40 bits per heavy atom. The summed E-state index contributed by atoms with van der Waals surface area (Å²) < 4.78 is 5.24. The highest BCUT2D eigenvalue weighted by Crippen LogP contribution is 2.22. The quantitative estimate of drug-likeness (QED) is 0.776. The first kappa shape index (κ1) is 11.0. The van der Waals surface area contributed by atoms with Crippen molar-refractivity contribution in [2.75, 3.05) is 25.3 Å². The summed E-state index contributed by atoms with van der Waals surface area (Å²) in [7, 11) is 1.78. The third-order valence-electron chi connectivity index (χ3n) is 2.67. The SMILES string of the molecule is COC[C@@H]1CSCN1Cc1ccccc1. The average molecular weight is 223 g/mol. The average Bonchev–Trinajstić information content (AvgIpc) is 2.68. The third kappa shape index (κ3) is 2.97. The van der Waals surface area contributed by atoms with Crippen LogP contribution in [0.2, 0.25) is 0 Å². The van der Waals surface area contributed by atoms with Crippen molar-refractivity contribution in [1.82, 2.24) is 4.90 Å². The summed E-state index contributed by atoms with van der Waals surface area (Å²) in [5.74, 6) is 2.32. The molecule has 0 bridgehead atoms. The van der Waals surface area contributed by atoms with Crippen LogP contribution in [0, 0.1) is 0 Å². The van der Waals surface area contributed by atoms with Crippen LogP contribution >= 0.6 is 11.8 Å². The molecule has 0 N–H and O–H groups in total. The molecule has 1 aliphatic rings. The Hall–Kier alpha value is -0.510. The van der Waals surface area contributed by atoms with Crippen LogP contribution in [-0.2, 0) is 11.3 Å². The summed E-state index contributed by atoms with van der Waals surface area (Å²) in [5.41, 5.74) is 1.39. The van der Waals surface area contributed by atoms with E-state index in [1.54, 1.807) is 7.11 Å². The van der Waals surface area contributed by atoms with Gasteiger partial charge in [-0.05, 0) is 5.56 Å². The predicted molar refractivity (Wildman–Crippen MR) is 65.0 cm³/mol. The molecule has 82 valence electrons. The molecule has 2 rings (SSSR count). The maximum absolute atomic E-state index is 5.24. The minimum atomic E-state index is 0.584. The lowest BCUT2D eigenvalue weighted by Gasteiger charge is -2.22. The van der Waals surface area contributed by atoms with Crippen LogP contribution in [0.5, 0.6) is 0 Å². The molecule has 1 heterocycles. The van der Waals surface area contributed by atoms with Gasteiger partial charge in [-0.2, -0.15) is 0 Å². The minimum Gasteiger partial charge on any atom is -0.383 e. The van der Waals surface area contributed by atoms with Gasteiger partial charge in [0.25, 0.3) is 0 Å². The normalized spacial score (nSPS) is 22.1. The number of benzene rings is 1. The molecule has 0 saturated carbocycles. The molecule has 1 atom stereocenters. The van der Waals surface area contributed by atoms with Crippen molar-refractivity contribution in [3.63, 3.8) is 0 Å². The summed E-state index contributed by atoms with van der Waals surface area (Å²) in [5, 5.41) is 0. The van der Waals surface area contributed by atoms with E-state index in [4.69, 9.17) is 4.74 Å². The molecule has 0 amide bonds. The number of hydrogen-bond acceptors (Lipinski definition) is 3. The Balaban J connectivity index is 1.93. The molecule has 0 aliphatic carbocycles. The molecule has 1 aromatic carbocycles. The van der Waals surface area contributed by atoms with Crippen LogP contribution in [0.1, 0.15) is 5.56 Å². The van der Waals surface area contributed by atoms with Gasteiger partial charge in [0.05, 0.1) is 6.61 Å². The van der Waals surface area contributed by atoms with Crippen LogP contribution < -0.4 is 0 Å². The van der Waals surface area contributed by atoms with Crippen LogP contribution in [0.3, 0.4) is 0 Å². The number of hydrogen-bond donors (Lipinski definition) is 0. The Bertz CT molecular complexity index is 291. The van der Waals surface area contributed by atoms with Crippen molar-refractivity contribution in [1.29, 1.82) is 0 Å². The van der Waals surface area contributed by atoms with Crippen LogP contribution in [0.15, 0.2) is 30.3 Å². The zero-order valence-corrected chi connectivity index (χ0v) is 9.87. The van der Waals surface area contributed by atoms with E-state index in [-0.39, 0.29) is 0 Å². The van der Waals surface area contributed by atoms with E-state index < -0.39 is 0 Å². The van der Waals surface area contributed by atoms with Gasteiger partial charge in [-0.15, -0.1) is 11.8 Å². The monoisotopic (exact) mass is 223 g/mol. The highest BCUT2D eigenvalue weighted by molar-refractivity contribution is 7.99. The topological polar surface area (TPSA) is 12.5 Å². The maximum Gasteiger partial charge on any atom is 0.0626 e. The van der Waals surface area contributed by atoms with Gasteiger partial charge in [-0.3, -0.25) is 4.90 Å². The lowest BCUT2D eigenvalue weighted by Crippen LogP contribution is -2.33. The molecule has 0 unspecified atom stereocenters. The fourth-order valence-corrected chi connectivity index (χ4v) is 3.08. The first-order chi connectivity index (χ1) is 7.40. The molecular formula is C12H17NOS. The van der Waals surface area contributed by atoms with Gasteiger partial charge in [-0.25, -0.2) is 0 Å². The zero-order valence-electron chi connectivity index (χ0n) is 9.06. The number of methoxy groups -OCH3 is 1.